The summed E-state index contributed by atoms with van der Waals surface area (Å²) in [4.78, 5) is 17.3. The summed E-state index contributed by atoms with van der Waals surface area (Å²) in [5.41, 5.74) is 1.85. The zero-order valence-electron chi connectivity index (χ0n) is 16.9. The number of amides is 1. The van der Waals surface area contributed by atoms with E-state index >= 15 is 0 Å². The molecule has 1 fully saturated rings. The maximum Gasteiger partial charge on any atom is 0.257 e. The van der Waals surface area contributed by atoms with Crippen molar-refractivity contribution >= 4 is 16.7 Å². The van der Waals surface area contributed by atoms with Crippen LogP contribution >= 0.6 is 0 Å². The van der Waals surface area contributed by atoms with Crippen molar-refractivity contribution in [1.29, 1.82) is 0 Å². The molecule has 0 unspecified atom stereocenters. The van der Waals surface area contributed by atoms with Crippen LogP contribution in [-0.2, 0) is 6.54 Å². The first-order chi connectivity index (χ1) is 14.2. The summed E-state index contributed by atoms with van der Waals surface area (Å²) in [5.74, 6) is 1.07. The standard InChI is InChI=1S/C24H26N2O3/c1-28-22-9-5-8-21(23(22)29-2)24(27)26-14-12-25(13-15-26)17-18-10-11-19-6-3-4-7-20(19)16-18/h3-11,16H,12-15,17H2,1-2H3. The molecular weight excluding hydrogens is 364 g/mol. The topological polar surface area (TPSA) is 42.0 Å². The lowest BCUT2D eigenvalue weighted by atomic mass is 10.1. The molecule has 1 heterocycles. The Kier molecular flexibility index (Phi) is 5.67. The highest BCUT2D eigenvalue weighted by Crippen LogP contribution is 2.31. The zero-order valence-corrected chi connectivity index (χ0v) is 16.9. The Morgan fingerprint density at radius 2 is 1.62 bits per heavy atom. The molecule has 1 saturated heterocycles. The third-order valence-corrected chi connectivity index (χ3v) is 5.51. The molecule has 3 aromatic carbocycles. The van der Waals surface area contributed by atoms with Crippen LogP contribution in [0.4, 0.5) is 0 Å². The van der Waals surface area contributed by atoms with Gasteiger partial charge >= 0.3 is 0 Å². The normalized spacial score (nSPS) is 14.8. The average molecular weight is 390 g/mol. The lowest BCUT2D eigenvalue weighted by Crippen LogP contribution is -2.48. The van der Waals surface area contributed by atoms with Crippen LogP contribution in [0.25, 0.3) is 10.8 Å². The Bertz CT molecular complexity index is 1010. The largest absolute Gasteiger partial charge is 0.493 e. The second kappa shape index (κ2) is 8.53. The smallest absolute Gasteiger partial charge is 0.257 e. The van der Waals surface area contributed by atoms with Crippen LogP contribution in [0.5, 0.6) is 11.5 Å². The number of para-hydroxylation sites is 1. The van der Waals surface area contributed by atoms with E-state index in [1.54, 1.807) is 26.4 Å². The van der Waals surface area contributed by atoms with E-state index in [0.717, 1.165) is 19.6 Å². The molecule has 0 N–H and O–H groups in total. The van der Waals surface area contributed by atoms with Gasteiger partial charge in [0, 0.05) is 32.7 Å². The van der Waals surface area contributed by atoms with Crippen molar-refractivity contribution in [3.05, 3.63) is 71.8 Å². The van der Waals surface area contributed by atoms with Gasteiger partial charge in [-0.15, -0.1) is 0 Å². The van der Waals surface area contributed by atoms with Crippen LogP contribution < -0.4 is 9.47 Å². The molecule has 29 heavy (non-hydrogen) atoms. The molecule has 0 aliphatic carbocycles. The first kappa shape index (κ1) is 19.3. The molecule has 0 radical (unpaired) electrons. The van der Waals surface area contributed by atoms with Crippen molar-refractivity contribution in [1.82, 2.24) is 9.80 Å². The Hall–Kier alpha value is -3.05. The van der Waals surface area contributed by atoms with Crippen LogP contribution in [0.15, 0.2) is 60.7 Å². The Morgan fingerprint density at radius 3 is 2.34 bits per heavy atom. The Morgan fingerprint density at radius 1 is 0.862 bits per heavy atom. The fraction of sp³-hybridized carbons (Fsp3) is 0.292. The van der Waals surface area contributed by atoms with Gasteiger partial charge in [-0.05, 0) is 34.5 Å². The van der Waals surface area contributed by atoms with E-state index in [4.69, 9.17) is 9.47 Å². The number of benzene rings is 3. The molecule has 5 heteroatoms. The molecule has 150 valence electrons. The molecule has 0 bridgehead atoms. The summed E-state index contributed by atoms with van der Waals surface area (Å²) in [5, 5.41) is 2.53. The van der Waals surface area contributed by atoms with Crippen molar-refractivity contribution in [3.63, 3.8) is 0 Å². The Balaban J connectivity index is 1.41. The number of ether oxygens (including phenoxy) is 2. The molecule has 3 aromatic rings. The number of fused-ring (bicyclic) bond motifs is 1. The molecule has 0 aromatic heterocycles. The third-order valence-electron chi connectivity index (χ3n) is 5.51. The maximum atomic E-state index is 13.0. The van der Waals surface area contributed by atoms with E-state index < -0.39 is 0 Å². The lowest BCUT2D eigenvalue weighted by Gasteiger charge is -2.35. The summed E-state index contributed by atoms with van der Waals surface area (Å²) >= 11 is 0. The van der Waals surface area contributed by atoms with Crippen LogP contribution in [0.3, 0.4) is 0 Å². The number of nitrogens with zero attached hydrogens (tertiary/aromatic N) is 2. The molecule has 1 aliphatic rings. The highest BCUT2D eigenvalue weighted by molar-refractivity contribution is 5.98. The van der Waals surface area contributed by atoms with Gasteiger partial charge in [0.15, 0.2) is 11.5 Å². The van der Waals surface area contributed by atoms with Crippen LogP contribution in [-0.4, -0.2) is 56.1 Å². The first-order valence-corrected chi connectivity index (χ1v) is 9.90. The number of rotatable bonds is 5. The van der Waals surface area contributed by atoms with Gasteiger partial charge in [0.1, 0.15) is 0 Å². The number of hydrogen-bond donors (Lipinski definition) is 0. The fourth-order valence-electron chi connectivity index (χ4n) is 3.93. The second-order valence-corrected chi connectivity index (χ2v) is 7.29. The summed E-state index contributed by atoms with van der Waals surface area (Å²) in [7, 11) is 3.15. The van der Waals surface area contributed by atoms with Gasteiger partial charge in [0.2, 0.25) is 0 Å². The monoisotopic (exact) mass is 390 g/mol. The number of carbonyl (C=O) groups is 1. The minimum atomic E-state index is -0.00824. The van der Waals surface area contributed by atoms with E-state index in [9.17, 15) is 4.79 Å². The van der Waals surface area contributed by atoms with Gasteiger partial charge in [-0.3, -0.25) is 9.69 Å². The van der Waals surface area contributed by atoms with Crippen molar-refractivity contribution < 1.29 is 14.3 Å². The highest BCUT2D eigenvalue weighted by Gasteiger charge is 2.25. The van der Waals surface area contributed by atoms with Crippen LogP contribution in [0.1, 0.15) is 15.9 Å². The number of hydrogen-bond acceptors (Lipinski definition) is 4. The van der Waals surface area contributed by atoms with Gasteiger partial charge < -0.3 is 14.4 Å². The second-order valence-electron chi connectivity index (χ2n) is 7.29. The van der Waals surface area contributed by atoms with Gasteiger partial charge in [-0.2, -0.15) is 0 Å². The molecule has 0 atom stereocenters. The van der Waals surface area contributed by atoms with E-state index in [-0.39, 0.29) is 5.91 Å². The summed E-state index contributed by atoms with van der Waals surface area (Å²) in [6.45, 7) is 4.00. The lowest BCUT2D eigenvalue weighted by molar-refractivity contribution is 0.0624. The quantitative estimate of drug-likeness (QED) is 0.664. The van der Waals surface area contributed by atoms with Gasteiger partial charge in [-0.1, -0.05) is 42.5 Å². The van der Waals surface area contributed by atoms with Crippen molar-refractivity contribution in [2.75, 3.05) is 40.4 Å². The molecule has 5 nitrogen and oxygen atoms in total. The molecule has 0 saturated carbocycles. The summed E-state index contributed by atoms with van der Waals surface area (Å²) < 4.78 is 10.8. The first-order valence-electron chi connectivity index (χ1n) is 9.90. The molecular formula is C24H26N2O3. The van der Waals surface area contributed by atoms with E-state index in [1.165, 1.54) is 16.3 Å². The average Bonchev–Trinajstić information content (AvgIpc) is 2.78. The zero-order chi connectivity index (χ0) is 20.2. The SMILES string of the molecule is COc1cccc(C(=O)N2CCN(Cc3ccc4ccccc4c3)CC2)c1OC. The van der Waals surface area contributed by atoms with Crippen LogP contribution in [0.2, 0.25) is 0 Å². The summed E-state index contributed by atoms with van der Waals surface area (Å²) in [6.07, 6.45) is 0. The Labute approximate surface area is 171 Å². The summed E-state index contributed by atoms with van der Waals surface area (Å²) in [6, 6.07) is 20.5. The predicted octanol–water partition coefficient (Wildman–Crippen LogP) is 3.82. The predicted molar refractivity (Wildman–Crippen MR) is 115 cm³/mol. The maximum absolute atomic E-state index is 13.0. The molecule has 1 amide bonds. The van der Waals surface area contributed by atoms with Crippen LogP contribution in [0, 0.1) is 0 Å². The van der Waals surface area contributed by atoms with E-state index in [1.807, 2.05) is 11.0 Å². The highest BCUT2D eigenvalue weighted by atomic mass is 16.5. The number of carbonyl (C=O) groups excluding carboxylic acids is 1. The minimum Gasteiger partial charge on any atom is -0.493 e. The fourth-order valence-corrected chi connectivity index (χ4v) is 3.93. The number of piperazine rings is 1. The van der Waals surface area contributed by atoms with Crippen molar-refractivity contribution in [2.24, 2.45) is 0 Å². The molecule has 1 aliphatic heterocycles. The van der Waals surface area contributed by atoms with Gasteiger partial charge in [0.25, 0.3) is 5.91 Å². The minimum absolute atomic E-state index is 0.00824. The van der Waals surface area contributed by atoms with E-state index in [2.05, 4.69) is 47.4 Å². The molecule has 4 rings (SSSR count). The molecule has 0 spiro atoms. The van der Waals surface area contributed by atoms with Gasteiger partial charge in [0.05, 0.1) is 19.8 Å². The third kappa shape index (κ3) is 4.05. The van der Waals surface area contributed by atoms with Crippen molar-refractivity contribution in [3.8, 4) is 11.5 Å². The van der Waals surface area contributed by atoms with E-state index in [0.29, 0.717) is 30.2 Å². The van der Waals surface area contributed by atoms with Gasteiger partial charge in [-0.25, -0.2) is 0 Å². The number of methoxy groups -OCH3 is 2. The van der Waals surface area contributed by atoms with Crippen molar-refractivity contribution in [2.45, 2.75) is 6.54 Å².